The SMILES string of the molecule is COCc1nc(-c2ccc3[nH]ccc3c2)nn1C. The molecule has 0 saturated heterocycles. The summed E-state index contributed by atoms with van der Waals surface area (Å²) in [4.78, 5) is 7.65. The number of methoxy groups -OCH3 is 1. The van der Waals surface area contributed by atoms with E-state index in [1.165, 1.54) is 0 Å². The monoisotopic (exact) mass is 242 g/mol. The van der Waals surface area contributed by atoms with Crippen LogP contribution in [0.4, 0.5) is 0 Å². The molecule has 5 heteroatoms. The number of hydrogen-bond donors (Lipinski definition) is 1. The first kappa shape index (κ1) is 11.0. The van der Waals surface area contributed by atoms with E-state index in [4.69, 9.17) is 4.74 Å². The number of fused-ring (bicyclic) bond motifs is 1. The Morgan fingerprint density at radius 1 is 1.33 bits per heavy atom. The molecular formula is C13H14N4O. The highest BCUT2D eigenvalue weighted by molar-refractivity contribution is 5.83. The number of aromatic nitrogens is 4. The predicted molar refractivity (Wildman–Crippen MR) is 69.0 cm³/mol. The Morgan fingerprint density at radius 3 is 3.06 bits per heavy atom. The maximum atomic E-state index is 5.09. The molecule has 92 valence electrons. The standard InChI is InChI=1S/C13H14N4O/c1-17-12(8-18-2)15-13(16-17)10-3-4-11-9(7-10)5-6-14-11/h3-7,14H,8H2,1-2H3. The van der Waals surface area contributed by atoms with Gasteiger partial charge in [-0.15, -0.1) is 0 Å². The third kappa shape index (κ3) is 1.78. The Balaban J connectivity index is 2.05. The smallest absolute Gasteiger partial charge is 0.181 e. The van der Waals surface area contributed by atoms with Crippen molar-refractivity contribution in [1.29, 1.82) is 0 Å². The third-order valence-electron chi connectivity index (χ3n) is 2.94. The number of hydrogen-bond acceptors (Lipinski definition) is 3. The average molecular weight is 242 g/mol. The summed E-state index contributed by atoms with van der Waals surface area (Å²) in [5.74, 6) is 1.55. The number of H-pyrrole nitrogens is 1. The lowest BCUT2D eigenvalue weighted by Gasteiger charge is -1.95. The van der Waals surface area contributed by atoms with Gasteiger partial charge in [-0.05, 0) is 24.3 Å². The fraction of sp³-hybridized carbons (Fsp3) is 0.231. The quantitative estimate of drug-likeness (QED) is 0.765. The average Bonchev–Trinajstić information content (AvgIpc) is 2.96. The molecule has 0 amide bonds. The molecule has 1 N–H and O–H groups in total. The molecule has 0 atom stereocenters. The summed E-state index contributed by atoms with van der Waals surface area (Å²) < 4.78 is 6.84. The molecular weight excluding hydrogens is 228 g/mol. The van der Waals surface area contributed by atoms with Crippen molar-refractivity contribution >= 4 is 10.9 Å². The van der Waals surface area contributed by atoms with E-state index in [1.54, 1.807) is 11.8 Å². The van der Waals surface area contributed by atoms with Crippen LogP contribution in [0.1, 0.15) is 5.82 Å². The van der Waals surface area contributed by atoms with Crippen molar-refractivity contribution in [2.24, 2.45) is 7.05 Å². The van der Waals surface area contributed by atoms with Crippen LogP contribution in [0.3, 0.4) is 0 Å². The molecule has 3 aromatic rings. The fourth-order valence-electron chi connectivity index (χ4n) is 1.99. The van der Waals surface area contributed by atoms with Gasteiger partial charge in [0.05, 0.1) is 0 Å². The van der Waals surface area contributed by atoms with Gasteiger partial charge in [0.1, 0.15) is 6.61 Å². The zero-order chi connectivity index (χ0) is 12.5. The molecule has 0 saturated carbocycles. The molecule has 0 radical (unpaired) electrons. The molecule has 0 aliphatic carbocycles. The third-order valence-corrected chi connectivity index (χ3v) is 2.94. The minimum absolute atomic E-state index is 0.468. The van der Waals surface area contributed by atoms with Gasteiger partial charge in [0.25, 0.3) is 0 Å². The van der Waals surface area contributed by atoms with Crippen molar-refractivity contribution in [3.8, 4) is 11.4 Å². The van der Waals surface area contributed by atoms with Gasteiger partial charge >= 0.3 is 0 Å². The van der Waals surface area contributed by atoms with Gasteiger partial charge in [-0.2, -0.15) is 5.10 Å². The van der Waals surface area contributed by atoms with Crippen LogP contribution in [-0.4, -0.2) is 26.9 Å². The van der Waals surface area contributed by atoms with E-state index in [0.717, 1.165) is 28.1 Å². The Hall–Kier alpha value is -2.14. The second-order valence-electron chi connectivity index (χ2n) is 4.19. The number of rotatable bonds is 3. The topological polar surface area (TPSA) is 55.7 Å². The molecule has 5 nitrogen and oxygen atoms in total. The Labute approximate surface area is 104 Å². The predicted octanol–water partition coefficient (Wildman–Crippen LogP) is 2.11. The van der Waals surface area contributed by atoms with Crippen LogP contribution >= 0.6 is 0 Å². The number of nitrogens with zero attached hydrogens (tertiary/aromatic N) is 3. The molecule has 0 bridgehead atoms. The van der Waals surface area contributed by atoms with E-state index in [-0.39, 0.29) is 0 Å². The van der Waals surface area contributed by atoms with Crippen LogP contribution in [0, 0.1) is 0 Å². The molecule has 2 heterocycles. The van der Waals surface area contributed by atoms with Gasteiger partial charge in [0.15, 0.2) is 11.6 Å². The lowest BCUT2D eigenvalue weighted by Crippen LogP contribution is -2.00. The normalized spacial score (nSPS) is 11.2. The summed E-state index contributed by atoms with van der Waals surface area (Å²) in [5.41, 5.74) is 2.13. The van der Waals surface area contributed by atoms with Crippen molar-refractivity contribution < 1.29 is 4.74 Å². The molecule has 0 aliphatic heterocycles. The Bertz CT molecular complexity index is 683. The minimum Gasteiger partial charge on any atom is -0.377 e. The highest BCUT2D eigenvalue weighted by Gasteiger charge is 2.09. The number of benzene rings is 1. The number of nitrogens with one attached hydrogen (secondary N) is 1. The zero-order valence-electron chi connectivity index (χ0n) is 10.3. The second-order valence-corrected chi connectivity index (χ2v) is 4.19. The van der Waals surface area contributed by atoms with Gasteiger partial charge in [-0.1, -0.05) is 0 Å². The minimum atomic E-state index is 0.468. The lowest BCUT2D eigenvalue weighted by atomic mass is 10.1. The van der Waals surface area contributed by atoms with E-state index >= 15 is 0 Å². The molecule has 18 heavy (non-hydrogen) atoms. The first-order chi connectivity index (χ1) is 8.78. The lowest BCUT2D eigenvalue weighted by molar-refractivity contribution is 0.174. The summed E-state index contributed by atoms with van der Waals surface area (Å²) in [6, 6.07) is 8.18. The molecule has 0 fully saturated rings. The van der Waals surface area contributed by atoms with Gasteiger partial charge in [-0.3, -0.25) is 4.68 Å². The van der Waals surface area contributed by atoms with E-state index in [1.807, 2.05) is 31.4 Å². The van der Waals surface area contributed by atoms with Crippen LogP contribution in [-0.2, 0) is 18.4 Å². The van der Waals surface area contributed by atoms with Crippen molar-refractivity contribution in [3.63, 3.8) is 0 Å². The van der Waals surface area contributed by atoms with Crippen molar-refractivity contribution in [3.05, 3.63) is 36.3 Å². The summed E-state index contributed by atoms with van der Waals surface area (Å²) in [7, 11) is 3.53. The van der Waals surface area contributed by atoms with E-state index in [0.29, 0.717) is 6.61 Å². The molecule has 3 rings (SSSR count). The molecule has 0 spiro atoms. The van der Waals surface area contributed by atoms with Crippen LogP contribution in [0.25, 0.3) is 22.3 Å². The summed E-state index contributed by atoms with van der Waals surface area (Å²) >= 11 is 0. The summed E-state index contributed by atoms with van der Waals surface area (Å²) in [6.45, 7) is 0.468. The highest BCUT2D eigenvalue weighted by Crippen LogP contribution is 2.21. The van der Waals surface area contributed by atoms with E-state index in [9.17, 15) is 0 Å². The van der Waals surface area contributed by atoms with Crippen LogP contribution < -0.4 is 0 Å². The summed E-state index contributed by atoms with van der Waals surface area (Å²) in [6.07, 6.45) is 1.93. The molecule has 0 aliphatic rings. The van der Waals surface area contributed by atoms with Gasteiger partial charge < -0.3 is 9.72 Å². The van der Waals surface area contributed by atoms with E-state index in [2.05, 4.69) is 21.1 Å². The van der Waals surface area contributed by atoms with Crippen LogP contribution in [0.2, 0.25) is 0 Å². The second kappa shape index (κ2) is 4.27. The van der Waals surface area contributed by atoms with Gasteiger partial charge in [0, 0.05) is 36.8 Å². The first-order valence-corrected chi connectivity index (χ1v) is 5.74. The number of aryl methyl sites for hydroxylation is 1. The Kier molecular flexibility index (Phi) is 2.60. The van der Waals surface area contributed by atoms with Crippen molar-refractivity contribution in [2.45, 2.75) is 6.61 Å². The maximum Gasteiger partial charge on any atom is 0.181 e. The molecule has 1 aromatic carbocycles. The molecule has 0 unspecified atom stereocenters. The number of aromatic amines is 1. The van der Waals surface area contributed by atoms with E-state index < -0.39 is 0 Å². The van der Waals surface area contributed by atoms with Crippen LogP contribution in [0.15, 0.2) is 30.5 Å². The van der Waals surface area contributed by atoms with Crippen LogP contribution in [0.5, 0.6) is 0 Å². The Morgan fingerprint density at radius 2 is 2.22 bits per heavy atom. The maximum absolute atomic E-state index is 5.09. The zero-order valence-corrected chi connectivity index (χ0v) is 10.3. The highest BCUT2D eigenvalue weighted by atomic mass is 16.5. The molecule has 2 aromatic heterocycles. The van der Waals surface area contributed by atoms with Crippen molar-refractivity contribution in [2.75, 3.05) is 7.11 Å². The van der Waals surface area contributed by atoms with Gasteiger partial charge in [0.2, 0.25) is 0 Å². The fourth-order valence-corrected chi connectivity index (χ4v) is 1.99. The first-order valence-electron chi connectivity index (χ1n) is 5.74. The van der Waals surface area contributed by atoms with Gasteiger partial charge in [-0.25, -0.2) is 4.98 Å². The summed E-state index contributed by atoms with van der Waals surface area (Å²) in [5, 5.41) is 5.57. The largest absolute Gasteiger partial charge is 0.377 e. The number of ether oxygens (including phenoxy) is 1. The van der Waals surface area contributed by atoms with Crippen molar-refractivity contribution in [1.82, 2.24) is 19.7 Å².